The van der Waals surface area contributed by atoms with E-state index in [-0.39, 0.29) is 11.1 Å². The number of fused-ring (bicyclic) bond motifs is 1. The highest BCUT2D eigenvalue weighted by atomic mass is 16.2. The number of amides is 1. The van der Waals surface area contributed by atoms with E-state index in [2.05, 4.69) is 74.8 Å². The predicted molar refractivity (Wildman–Crippen MR) is 153 cm³/mol. The molecule has 1 amide bonds. The van der Waals surface area contributed by atoms with Crippen LogP contribution in [0.25, 0.3) is 22.4 Å². The van der Waals surface area contributed by atoms with Crippen molar-refractivity contribution in [1.29, 1.82) is 0 Å². The van der Waals surface area contributed by atoms with Crippen molar-refractivity contribution in [2.45, 2.75) is 67.0 Å². The number of hydrogen-bond donors (Lipinski definition) is 0. The number of carbonyl (C=O) groups excluding carboxylic acids is 1. The topological polar surface area (TPSA) is 63.4 Å². The molecular formula is C31H43N5O2. The number of carbonyl (C=O) groups is 1. The molecule has 0 unspecified atom stereocenters. The van der Waals surface area contributed by atoms with Crippen molar-refractivity contribution >= 4 is 17.1 Å². The van der Waals surface area contributed by atoms with Crippen LogP contribution in [-0.2, 0) is 31.4 Å². The van der Waals surface area contributed by atoms with E-state index < -0.39 is 0 Å². The number of pyridine rings is 1. The summed E-state index contributed by atoms with van der Waals surface area (Å²) in [5, 5.41) is 0. The lowest BCUT2D eigenvalue weighted by atomic mass is 9.95. The zero-order chi connectivity index (χ0) is 27.2. The third kappa shape index (κ3) is 5.73. The second-order valence-electron chi connectivity index (χ2n) is 13.0. The van der Waals surface area contributed by atoms with Crippen molar-refractivity contribution < 1.29 is 4.79 Å². The number of nitrogens with zero attached hydrogens (tertiary/aromatic N) is 5. The predicted octanol–water partition coefficient (Wildman–Crippen LogP) is 4.70. The summed E-state index contributed by atoms with van der Waals surface area (Å²) in [6.45, 7) is 15.9. The Morgan fingerprint density at radius 3 is 2.42 bits per heavy atom. The van der Waals surface area contributed by atoms with Crippen LogP contribution < -0.4 is 5.69 Å². The van der Waals surface area contributed by atoms with Gasteiger partial charge in [0.2, 0.25) is 5.91 Å². The molecule has 3 aromatic rings. The fraction of sp³-hybridized carbons (Fsp3) is 0.581. The van der Waals surface area contributed by atoms with Crippen LogP contribution in [-0.4, -0.2) is 56.0 Å². The second kappa shape index (κ2) is 10.3. The summed E-state index contributed by atoms with van der Waals surface area (Å²) in [5.74, 6) is 1.13. The smallest absolute Gasteiger partial charge is 0.330 e. The van der Waals surface area contributed by atoms with Gasteiger partial charge in [0, 0.05) is 57.8 Å². The van der Waals surface area contributed by atoms with Gasteiger partial charge in [0.25, 0.3) is 0 Å². The quantitative estimate of drug-likeness (QED) is 0.456. The lowest BCUT2D eigenvalue weighted by Gasteiger charge is -2.35. The third-order valence-corrected chi connectivity index (χ3v) is 7.67. The van der Waals surface area contributed by atoms with Crippen molar-refractivity contribution in [3.05, 3.63) is 51.9 Å². The largest absolute Gasteiger partial charge is 0.340 e. The summed E-state index contributed by atoms with van der Waals surface area (Å²) in [6, 6.07) is 10.9. The molecule has 7 heteroatoms. The molecule has 0 atom stereocenters. The monoisotopic (exact) mass is 517 g/mol. The van der Waals surface area contributed by atoms with E-state index in [9.17, 15) is 9.59 Å². The first kappa shape index (κ1) is 26.7. The van der Waals surface area contributed by atoms with Crippen molar-refractivity contribution in [1.82, 2.24) is 23.9 Å². The van der Waals surface area contributed by atoms with Gasteiger partial charge in [-0.1, -0.05) is 52.8 Å². The van der Waals surface area contributed by atoms with Crippen LogP contribution in [0, 0.1) is 17.3 Å². The summed E-state index contributed by atoms with van der Waals surface area (Å²) in [5.41, 5.74) is 6.13. The lowest BCUT2D eigenvalue weighted by Crippen LogP contribution is -2.48. The van der Waals surface area contributed by atoms with Gasteiger partial charge in [-0.2, -0.15) is 0 Å². The average molecular weight is 518 g/mol. The number of imidazole rings is 1. The molecule has 0 N–H and O–H groups in total. The van der Waals surface area contributed by atoms with E-state index in [0.717, 1.165) is 74.4 Å². The first-order chi connectivity index (χ1) is 18.0. The molecule has 2 aromatic heterocycles. The van der Waals surface area contributed by atoms with Crippen molar-refractivity contribution in [3.8, 4) is 11.3 Å². The van der Waals surface area contributed by atoms with Crippen LogP contribution in [0.1, 0.15) is 58.6 Å². The fourth-order valence-corrected chi connectivity index (χ4v) is 5.62. The second-order valence-corrected chi connectivity index (χ2v) is 13.0. The molecule has 0 bridgehead atoms. The number of hydrogen-bond acceptors (Lipinski definition) is 4. The van der Waals surface area contributed by atoms with Crippen molar-refractivity contribution in [3.63, 3.8) is 0 Å². The van der Waals surface area contributed by atoms with Gasteiger partial charge in [-0.3, -0.25) is 18.8 Å². The van der Waals surface area contributed by atoms with E-state index in [1.54, 1.807) is 4.57 Å². The molecule has 5 rings (SSSR count). The molecular weight excluding hydrogens is 474 g/mol. The number of benzene rings is 1. The lowest BCUT2D eigenvalue weighted by molar-refractivity contribution is -0.134. The highest BCUT2D eigenvalue weighted by molar-refractivity contribution is 5.81. The van der Waals surface area contributed by atoms with Gasteiger partial charge in [-0.25, -0.2) is 9.78 Å². The Labute approximate surface area is 226 Å². The molecule has 7 nitrogen and oxygen atoms in total. The standard InChI is InChI=1S/C31H43N5O2/c1-21(2)16-25-18-26-28(33(6)30(38)36(26)20-31(3,4)5)32-27(25)24-9-7-8-22(17-24)19-34-12-14-35(15-13-34)29(37)23-10-11-23/h7-9,17-18,21,23H,10-16,19-20H2,1-6H3. The van der Waals surface area contributed by atoms with Crippen molar-refractivity contribution in [2.24, 2.45) is 24.3 Å². The summed E-state index contributed by atoms with van der Waals surface area (Å²) in [4.78, 5) is 35.2. The van der Waals surface area contributed by atoms with Gasteiger partial charge in [0.05, 0.1) is 11.2 Å². The number of rotatable bonds is 7. The normalized spacial score (nSPS) is 17.1. The highest BCUT2D eigenvalue weighted by Crippen LogP contribution is 2.32. The Kier molecular flexibility index (Phi) is 7.25. The maximum atomic E-state index is 13.2. The van der Waals surface area contributed by atoms with Gasteiger partial charge in [-0.15, -0.1) is 0 Å². The molecule has 2 aliphatic rings. The summed E-state index contributed by atoms with van der Waals surface area (Å²) in [6.07, 6.45) is 3.04. The molecule has 0 spiro atoms. The van der Waals surface area contributed by atoms with Crippen LogP contribution in [0.15, 0.2) is 35.1 Å². The van der Waals surface area contributed by atoms with Crippen molar-refractivity contribution in [2.75, 3.05) is 26.2 Å². The van der Waals surface area contributed by atoms with Crippen LogP contribution in [0.3, 0.4) is 0 Å². The maximum absolute atomic E-state index is 13.2. The van der Waals surface area contributed by atoms with Gasteiger partial charge in [-0.05, 0) is 53.9 Å². The van der Waals surface area contributed by atoms with Crippen LogP contribution in [0.2, 0.25) is 0 Å². The molecule has 1 aliphatic heterocycles. The average Bonchev–Trinajstić information content (AvgIpc) is 3.68. The van der Waals surface area contributed by atoms with E-state index >= 15 is 0 Å². The Morgan fingerprint density at radius 2 is 1.79 bits per heavy atom. The number of aromatic nitrogens is 3. The van der Waals surface area contributed by atoms with Gasteiger partial charge >= 0.3 is 5.69 Å². The third-order valence-electron chi connectivity index (χ3n) is 7.67. The molecule has 2 fully saturated rings. The maximum Gasteiger partial charge on any atom is 0.330 e. The minimum Gasteiger partial charge on any atom is -0.340 e. The van der Waals surface area contributed by atoms with E-state index in [1.807, 2.05) is 11.6 Å². The van der Waals surface area contributed by atoms with Crippen LogP contribution >= 0.6 is 0 Å². The summed E-state index contributed by atoms with van der Waals surface area (Å²) < 4.78 is 3.58. The molecule has 1 aromatic carbocycles. The fourth-order valence-electron chi connectivity index (χ4n) is 5.62. The Bertz CT molecular complexity index is 1380. The first-order valence-electron chi connectivity index (χ1n) is 14.2. The molecule has 1 aliphatic carbocycles. The Morgan fingerprint density at radius 1 is 1.08 bits per heavy atom. The van der Waals surface area contributed by atoms with Gasteiger partial charge < -0.3 is 4.90 Å². The Hall–Kier alpha value is -2.93. The molecule has 3 heterocycles. The van der Waals surface area contributed by atoms with E-state index in [4.69, 9.17) is 4.98 Å². The number of aryl methyl sites for hydroxylation is 1. The zero-order valence-corrected chi connectivity index (χ0v) is 24.0. The molecule has 38 heavy (non-hydrogen) atoms. The number of piperazine rings is 1. The first-order valence-corrected chi connectivity index (χ1v) is 14.2. The SMILES string of the molecule is CC(C)Cc1cc2c(nc1-c1cccc(CN3CCN(C(=O)C4CC4)CC3)c1)n(C)c(=O)n2CC(C)(C)C. The molecule has 1 saturated heterocycles. The zero-order valence-electron chi connectivity index (χ0n) is 24.0. The molecule has 0 radical (unpaired) electrons. The molecule has 204 valence electrons. The summed E-state index contributed by atoms with van der Waals surface area (Å²) in [7, 11) is 1.83. The van der Waals surface area contributed by atoms with Gasteiger partial charge in [0.15, 0.2) is 5.65 Å². The van der Waals surface area contributed by atoms with Crippen LogP contribution in [0.5, 0.6) is 0 Å². The Balaban J connectivity index is 1.43. The molecule has 1 saturated carbocycles. The minimum absolute atomic E-state index is 0.0110. The highest BCUT2D eigenvalue weighted by Gasteiger charge is 2.34. The minimum atomic E-state index is -0.0139. The van der Waals surface area contributed by atoms with E-state index in [1.165, 1.54) is 11.1 Å². The van der Waals surface area contributed by atoms with Gasteiger partial charge in [0.1, 0.15) is 0 Å². The van der Waals surface area contributed by atoms with E-state index in [0.29, 0.717) is 24.3 Å². The van der Waals surface area contributed by atoms with Crippen LogP contribution in [0.4, 0.5) is 0 Å². The summed E-state index contributed by atoms with van der Waals surface area (Å²) >= 11 is 0.